The molecule has 55 heavy (non-hydrogen) atoms. The lowest BCUT2D eigenvalue weighted by molar-refractivity contribution is -0.0919. The number of aryl methyl sites for hydroxylation is 1. The number of piperazine rings is 1. The predicted molar refractivity (Wildman–Crippen MR) is 224 cm³/mol. The summed E-state index contributed by atoms with van der Waals surface area (Å²) >= 11 is 6.53. The zero-order chi connectivity index (χ0) is 38.4. The number of nitrogens with one attached hydrogen (secondary N) is 1. The lowest BCUT2D eigenvalue weighted by Gasteiger charge is -2.52. The molecule has 2 aliphatic carbocycles. The quantitative estimate of drug-likeness (QED) is 0.229. The zero-order valence-corrected chi connectivity index (χ0v) is 34.1. The number of methoxy groups -OCH3 is 1. The highest BCUT2D eigenvalue weighted by molar-refractivity contribution is 7.99. The first-order valence-corrected chi connectivity index (χ1v) is 22.3. The standard InChI is InChI=1S/C44H56ClN5O4S/c1-31-8-5-18-44(53-3,29-48-20-22-49(23-21-48)37-10-7-19-46-26-37)39-14-11-35(39)27-50-28-43(17-6-9-33-24-36(45)13-15-38(33)43)30-54-41-16-12-34(25-40(41)50)42(51)47-55(4,52)32(31)2/h5,7,10,12-13,15-16,18-19,24-26,31-32,35,39H,4,6,8-9,11,14,17,20-23,27-30H2,1-3H3,(H,47,51,52)/b18-5+/t31-,32+,35-,39+,43-,44+,55?/m0/s1. The number of hydrogen-bond acceptors (Lipinski definition) is 8. The van der Waals surface area contributed by atoms with Crippen LogP contribution in [0.15, 0.2) is 73.1 Å². The Kier molecular flexibility index (Phi) is 10.7. The van der Waals surface area contributed by atoms with Crippen molar-refractivity contribution >= 4 is 44.5 Å². The number of rotatable bonds is 4. The number of nitrogens with zero attached hydrogens (tertiary/aromatic N) is 4. The fourth-order valence-electron chi connectivity index (χ4n) is 9.96. The highest BCUT2D eigenvalue weighted by atomic mass is 35.5. The van der Waals surface area contributed by atoms with Gasteiger partial charge in [0.1, 0.15) is 11.4 Å². The third kappa shape index (κ3) is 7.52. The summed E-state index contributed by atoms with van der Waals surface area (Å²) in [5.74, 6) is 5.15. The summed E-state index contributed by atoms with van der Waals surface area (Å²) in [5, 5.41) is 0.420. The molecule has 7 atom stereocenters. The smallest absolute Gasteiger partial charge is 0.262 e. The molecule has 2 fully saturated rings. The average Bonchev–Trinajstić information content (AvgIpc) is 3.32. The Bertz CT molecular complexity index is 2020. The molecule has 3 aromatic rings. The first-order chi connectivity index (χ1) is 26.5. The second-order valence-electron chi connectivity index (χ2n) is 16.8. The molecule has 1 saturated carbocycles. The lowest BCUT2D eigenvalue weighted by atomic mass is 9.63. The van der Waals surface area contributed by atoms with E-state index >= 15 is 0 Å². The topological polar surface area (TPSA) is 87.2 Å². The molecule has 1 amide bonds. The first kappa shape index (κ1) is 38.3. The van der Waals surface area contributed by atoms with Crippen molar-refractivity contribution in [2.45, 2.75) is 68.6 Å². The molecule has 4 heterocycles. The van der Waals surface area contributed by atoms with Crippen molar-refractivity contribution in [3.8, 4) is 5.75 Å². The fourth-order valence-corrected chi connectivity index (χ4v) is 11.6. The van der Waals surface area contributed by atoms with E-state index in [1.54, 1.807) is 6.07 Å². The Hall–Kier alpha value is -3.57. The Balaban J connectivity index is 1.16. The summed E-state index contributed by atoms with van der Waals surface area (Å²) in [4.78, 5) is 25.7. The number of amides is 1. The van der Waals surface area contributed by atoms with E-state index in [9.17, 15) is 9.00 Å². The summed E-state index contributed by atoms with van der Waals surface area (Å²) in [6.07, 6.45) is 14.3. The van der Waals surface area contributed by atoms with Crippen LogP contribution < -0.4 is 19.3 Å². The van der Waals surface area contributed by atoms with Gasteiger partial charge in [0.2, 0.25) is 0 Å². The van der Waals surface area contributed by atoms with Crippen molar-refractivity contribution in [2.24, 2.45) is 17.8 Å². The van der Waals surface area contributed by atoms with Crippen LogP contribution in [-0.4, -0.2) is 96.3 Å². The van der Waals surface area contributed by atoms with Crippen LogP contribution in [0.1, 0.15) is 67.4 Å². The van der Waals surface area contributed by atoms with Gasteiger partial charge in [-0.2, -0.15) is 0 Å². The van der Waals surface area contributed by atoms with Crippen LogP contribution in [0, 0.1) is 17.8 Å². The number of benzene rings is 2. The van der Waals surface area contributed by atoms with Crippen LogP contribution >= 0.6 is 11.6 Å². The number of carbonyl (C=O) groups is 1. The molecule has 1 spiro atoms. The Morgan fingerprint density at radius 3 is 2.67 bits per heavy atom. The zero-order valence-electron chi connectivity index (χ0n) is 32.6. The van der Waals surface area contributed by atoms with Crippen LogP contribution in [0.3, 0.4) is 0 Å². The average molecular weight is 786 g/mol. The van der Waals surface area contributed by atoms with Gasteiger partial charge in [-0.05, 0) is 123 Å². The number of hydrogen-bond donors (Lipinski definition) is 1. The van der Waals surface area contributed by atoms with Gasteiger partial charge in [-0.25, -0.2) is 4.21 Å². The minimum absolute atomic E-state index is 0.0182. The van der Waals surface area contributed by atoms with Crippen LogP contribution in [0.4, 0.5) is 11.4 Å². The van der Waals surface area contributed by atoms with Crippen LogP contribution in [0.25, 0.3) is 0 Å². The van der Waals surface area contributed by atoms with Gasteiger partial charge in [-0.15, -0.1) is 0 Å². The van der Waals surface area contributed by atoms with Crippen LogP contribution in [0.2, 0.25) is 5.02 Å². The highest BCUT2D eigenvalue weighted by Gasteiger charge is 2.50. The third-order valence-electron chi connectivity index (χ3n) is 13.6. The number of halogens is 1. The Labute approximate surface area is 332 Å². The molecule has 1 aromatic heterocycles. The summed E-state index contributed by atoms with van der Waals surface area (Å²) in [6, 6.07) is 16.2. The van der Waals surface area contributed by atoms with E-state index < -0.39 is 15.3 Å². The van der Waals surface area contributed by atoms with Gasteiger partial charge in [0.15, 0.2) is 0 Å². The van der Waals surface area contributed by atoms with Gasteiger partial charge >= 0.3 is 0 Å². The number of fused-ring (bicyclic) bond motifs is 4. The van der Waals surface area contributed by atoms with Gasteiger partial charge in [-0.3, -0.25) is 19.4 Å². The number of allylic oxidation sites excluding steroid dienone is 1. The van der Waals surface area contributed by atoms with Crippen molar-refractivity contribution < 1.29 is 18.5 Å². The first-order valence-electron chi connectivity index (χ1n) is 20.1. The van der Waals surface area contributed by atoms with E-state index in [1.807, 2.05) is 50.7 Å². The molecule has 8 rings (SSSR count). The van der Waals surface area contributed by atoms with Gasteiger partial charge in [0, 0.05) is 80.4 Å². The fraction of sp³-hybridized carbons (Fsp3) is 0.523. The van der Waals surface area contributed by atoms with Gasteiger partial charge in [-0.1, -0.05) is 36.7 Å². The summed E-state index contributed by atoms with van der Waals surface area (Å²) < 4.78 is 30.5. The van der Waals surface area contributed by atoms with Crippen molar-refractivity contribution in [2.75, 3.05) is 69.3 Å². The minimum atomic E-state index is -2.97. The molecular weight excluding hydrogens is 730 g/mol. The Morgan fingerprint density at radius 2 is 1.93 bits per heavy atom. The van der Waals surface area contributed by atoms with Gasteiger partial charge < -0.3 is 19.3 Å². The molecular formula is C44H56ClN5O4S. The number of anilines is 2. The van der Waals surface area contributed by atoms with E-state index in [4.69, 9.17) is 21.1 Å². The predicted octanol–water partition coefficient (Wildman–Crippen LogP) is 6.79. The summed E-state index contributed by atoms with van der Waals surface area (Å²) in [7, 11) is -1.08. The minimum Gasteiger partial charge on any atom is -0.490 e. The van der Waals surface area contributed by atoms with E-state index in [0.717, 1.165) is 94.4 Å². The molecule has 5 aliphatic rings. The maximum Gasteiger partial charge on any atom is 0.262 e. The van der Waals surface area contributed by atoms with E-state index in [-0.39, 0.29) is 28.4 Å². The van der Waals surface area contributed by atoms with Gasteiger partial charge in [0.05, 0.1) is 33.9 Å². The maximum atomic E-state index is 14.1. The second kappa shape index (κ2) is 15.4. The number of aromatic nitrogens is 1. The molecule has 294 valence electrons. The third-order valence-corrected chi connectivity index (χ3v) is 16.0. The summed E-state index contributed by atoms with van der Waals surface area (Å²) in [5.41, 5.74) is 4.41. The lowest BCUT2D eigenvalue weighted by Crippen LogP contribution is -2.59. The second-order valence-corrected chi connectivity index (χ2v) is 19.7. The Morgan fingerprint density at radius 1 is 1.09 bits per heavy atom. The molecule has 3 aliphatic heterocycles. The molecule has 11 heteroatoms. The molecule has 1 saturated heterocycles. The van der Waals surface area contributed by atoms with E-state index in [1.165, 1.54) is 16.8 Å². The highest BCUT2D eigenvalue weighted by Crippen LogP contribution is 2.49. The SMILES string of the molecule is C=S1(=O)NC(=O)c2ccc3c(c2)N(C[C@@H]2CC[C@H]2[C@@](CN2CCN(c4cccnc4)CC2)(OC)/C=C/C[C@H](C)[C@H]1C)C[C@@]1(CCCc2cc(Cl)ccc21)CO3. The van der Waals surface area contributed by atoms with Crippen molar-refractivity contribution in [3.05, 3.63) is 94.8 Å². The molecule has 2 bridgehead atoms. The largest absolute Gasteiger partial charge is 0.490 e. The van der Waals surface area contributed by atoms with E-state index in [2.05, 4.69) is 67.6 Å². The molecule has 9 nitrogen and oxygen atoms in total. The van der Waals surface area contributed by atoms with E-state index in [0.29, 0.717) is 24.5 Å². The number of ether oxygens (including phenoxy) is 2. The van der Waals surface area contributed by atoms with Gasteiger partial charge in [0.25, 0.3) is 5.91 Å². The van der Waals surface area contributed by atoms with Crippen molar-refractivity contribution in [1.82, 2.24) is 14.6 Å². The molecule has 2 aromatic carbocycles. The normalized spacial score (nSPS) is 33.3. The molecule has 1 unspecified atom stereocenters. The van der Waals surface area contributed by atoms with Crippen molar-refractivity contribution in [3.63, 3.8) is 0 Å². The van der Waals surface area contributed by atoms with Crippen LogP contribution in [-0.2, 0) is 26.3 Å². The molecule has 1 N–H and O–H groups in total. The monoisotopic (exact) mass is 785 g/mol. The maximum absolute atomic E-state index is 14.1. The summed E-state index contributed by atoms with van der Waals surface area (Å²) in [6.45, 7) is 10.7. The molecule has 0 radical (unpaired) electrons. The van der Waals surface area contributed by atoms with Crippen LogP contribution in [0.5, 0.6) is 5.75 Å². The van der Waals surface area contributed by atoms with Crippen molar-refractivity contribution in [1.29, 1.82) is 0 Å². The number of carbonyl (C=O) groups excluding carboxylic acids is 1. The number of pyridine rings is 1.